The molecule has 206 valence electrons. The van der Waals surface area contributed by atoms with E-state index in [1.807, 2.05) is 78.9 Å². The van der Waals surface area contributed by atoms with Crippen molar-refractivity contribution in [2.45, 2.75) is 19.8 Å². The van der Waals surface area contributed by atoms with Crippen LogP contribution < -0.4 is 14.8 Å². The molecule has 4 rings (SSSR count). The molecule has 1 heterocycles. The number of nitrogens with one attached hydrogen (secondary N) is 1. The fourth-order valence-corrected chi connectivity index (χ4v) is 3.77. The first-order valence-electron chi connectivity index (χ1n) is 12.9. The molecular formula is C31H32N4O5. The first kappa shape index (κ1) is 28.3. The minimum atomic E-state index is -0.438. The fraction of sp³-hybridized carbons (Fsp3) is 0.226. The third-order valence-electron chi connectivity index (χ3n) is 5.57. The van der Waals surface area contributed by atoms with Crippen LogP contribution in [0.2, 0.25) is 0 Å². The van der Waals surface area contributed by atoms with Gasteiger partial charge in [0.2, 0.25) is 5.95 Å². The van der Waals surface area contributed by atoms with E-state index in [1.165, 1.54) is 0 Å². The zero-order valence-electron chi connectivity index (χ0n) is 22.4. The first-order chi connectivity index (χ1) is 19.5. The average Bonchev–Trinajstić information content (AvgIpc) is 2.95. The van der Waals surface area contributed by atoms with Crippen LogP contribution in [0, 0.1) is 0 Å². The number of hydrogen-bond donors (Lipinski definition) is 2. The zero-order chi connectivity index (χ0) is 28.2. The van der Waals surface area contributed by atoms with Crippen LogP contribution >= 0.6 is 0 Å². The summed E-state index contributed by atoms with van der Waals surface area (Å²) in [7, 11) is 0. The molecule has 40 heavy (non-hydrogen) atoms. The van der Waals surface area contributed by atoms with Crippen molar-refractivity contribution >= 4 is 17.6 Å². The molecule has 0 aliphatic rings. The minimum absolute atomic E-state index is 0.0513. The molecule has 9 heteroatoms. The summed E-state index contributed by atoms with van der Waals surface area (Å²) in [4.78, 5) is 25.6. The summed E-state index contributed by atoms with van der Waals surface area (Å²) in [6, 6.07) is 25.0. The van der Waals surface area contributed by atoms with Crippen LogP contribution in [0.15, 0.2) is 91.0 Å². The number of ether oxygens (including phenoxy) is 3. The Morgan fingerprint density at radius 3 is 1.98 bits per heavy atom. The van der Waals surface area contributed by atoms with E-state index in [2.05, 4.69) is 21.9 Å². The Balaban J connectivity index is 1.50. The van der Waals surface area contributed by atoms with E-state index in [4.69, 9.17) is 24.3 Å². The molecule has 9 nitrogen and oxygen atoms in total. The van der Waals surface area contributed by atoms with Crippen molar-refractivity contribution < 1.29 is 24.1 Å². The van der Waals surface area contributed by atoms with Gasteiger partial charge in [0.1, 0.15) is 43.0 Å². The smallest absolute Gasteiger partial charge is 0.333 e. The molecule has 3 aromatic carbocycles. The number of para-hydroxylation sites is 1. The van der Waals surface area contributed by atoms with E-state index >= 15 is 0 Å². The lowest BCUT2D eigenvalue weighted by Gasteiger charge is -2.11. The molecule has 0 amide bonds. The Bertz CT molecular complexity index is 1430. The second kappa shape index (κ2) is 14.4. The number of carbonyl (C=O) groups excluding carboxylic acids is 1. The highest BCUT2D eigenvalue weighted by Gasteiger charge is 2.11. The van der Waals surface area contributed by atoms with Gasteiger partial charge in [-0.25, -0.2) is 9.78 Å². The second-order valence-electron chi connectivity index (χ2n) is 8.97. The lowest BCUT2D eigenvalue weighted by Crippen LogP contribution is -2.12. The maximum atomic E-state index is 11.5. The van der Waals surface area contributed by atoms with E-state index in [1.54, 1.807) is 6.92 Å². The summed E-state index contributed by atoms with van der Waals surface area (Å²) >= 11 is 0. The predicted octanol–water partition coefficient (Wildman–Crippen LogP) is 4.67. The van der Waals surface area contributed by atoms with Gasteiger partial charge in [0, 0.05) is 24.1 Å². The molecule has 2 N–H and O–H groups in total. The molecular weight excluding hydrogens is 508 g/mol. The van der Waals surface area contributed by atoms with Crippen LogP contribution in [0.5, 0.6) is 11.5 Å². The van der Waals surface area contributed by atoms with Crippen LogP contribution in [-0.4, -0.2) is 52.5 Å². The Morgan fingerprint density at radius 2 is 1.40 bits per heavy atom. The van der Waals surface area contributed by atoms with Gasteiger partial charge < -0.3 is 24.6 Å². The van der Waals surface area contributed by atoms with E-state index in [0.717, 1.165) is 16.8 Å². The average molecular weight is 541 g/mol. The van der Waals surface area contributed by atoms with Crippen LogP contribution in [0.25, 0.3) is 0 Å². The van der Waals surface area contributed by atoms with Crippen molar-refractivity contribution in [2.75, 3.05) is 31.7 Å². The van der Waals surface area contributed by atoms with Gasteiger partial charge in [0.25, 0.3) is 0 Å². The number of aliphatic hydroxyl groups is 1. The fourth-order valence-electron chi connectivity index (χ4n) is 3.77. The predicted molar refractivity (Wildman–Crippen MR) is 152 cm³/mol. The molecule has 0 aliphatic carbocycles. The molecule has 0 saturated heterocycles. The number of carbonyl (C=O) groups is 1. The van der Waals surface area contributed by atoms with Gasteiger partial charge in [-0.05, 0) is 54.4 Å². The van der Waals surface area contributed by atoms with Gasteiger partial charge in [-0.2, -0.15) is 9.97 Å². The van der Waals surface area contributed by atoms with Crippen LogP contribution in [0.4, 0.5) is 11.6 Å². The number of aliphatic hydroxyl groups excluding tert-OH is 1. The molecule has 0 unspecified atom stereocenters. The lowest BCUT2D eigenvalue weighted by atomic mass is 10.1. The summed E-state index contributed by atoms with van der Waals surface area (Å²) in [5.74, 6) is 2.55. The molecule has 0 atom stereocenters. The topological polar surface area (TPSA) is 116 Å². The largest absolute Gasteiger partial charge is 0.491 e. The molecule has 0 radical (unpaired) electrons. The summed E-state index contributed by atoms with van der Waals surface area (Å²) in [5.41, 5.74) is 3.15. The van der Waals surface area contributed by atoms with E-state index in [-0.39, 0.29) is 26.4 Å². The van der Waals surface area contributed by atoms with Crippen molar-refractivity contribution in [1.29, 1.82) is 0 Å². The Hall–Kier alpha value is -4.76. The van der Waals surface area contributed by atoms with Crippen molar-refractivity contribution in [3.8, 4) is 11.5 Å². The lowest BCUT2D eigenvalue weighted by molar-refractivity contribution is -0.139. The van der Waals surface area contributed by atoms with Crippen molar-refractivity contribution in [3.05, 3.63) is 114 Å². The standard InChI is InChI=1S/C31H32N4O5/c1-22(2)30(37)40-17-16-39-27-13-7-9-24(19-27)21-29-33-28(20-23-8-6-12-26(18-23)38-15-14-36)34-31(35-29)32-25-10-4-3-5-11-25/h3-13,18-19,36H,1,14-17,20-21H2,2H3,(H,32,33,34,35). The second-order valence-corrected chi connectivity index (χ2v) is 8.97. The quantitative estimate of drug-likeness (QED) is 0.134. The van der Waals surface area contributed by atoms with Crippen LogP contribution in [0.3, 0.4) is 0 Å². The maximum absolute atomic E-state index is 11.5. The summed E-state index contributed by atoms with van der Waals surface area (Å²) in [6.07, 6.45) is 0.932. The SMILES string of the molecule is C=C(C)C(=O)OCCOc1cccc(Cc2nc(Cc3cccc(OCCO)c3)nc(Nc3ccccc3)n2)c1. The molecule has 1 aromatic heterocycles. The number of esters is 1. The van der Waals surface area contributed by atoms with Gasteiger partial charge in [0.05, 0.1) is 6.61 Å². The van der Waals surface area contributed by atoms with Gasteiger partial charge in [-0.1, -0.05) is 49.0 Å². The van der Waals surface area contributed by atoms with Crippen LogP contribution in [-0.2, 0) is 22.4 Å². The van der Waals surface area contributed by atoms with Crippen molar-refractivity contribution in [1.82, 2.24) is 15.0 Å². The zero-order valence-corrected chi connectivity index (χ0v) is 22.4. The Labute approximate surface area is 233 Å². The number of rotatable bonds is 14. The molecule has 0 fully saturated rings. The van der Waals surface area contributed by atoms with Crippen LogP contribution in [0.1, 0.15) is 29.7 Å². The number of hydrogen-bond acceptors (Lipinski definition) is 9. The van der Waals surface area contributed by atoms with Crippen molar-refractivity contribution in [3.63, 3.8) is 0 Å². The van der Waals surface area contributed by atoms with E-state index in [0.29, 0.717) is 47.5 Å². The summed E-state index contributed by atoms with van der Waals surface area (Å²) < 4.78 is 16.4. The van der Waals surface area contributed by atoms with E-state index < -0.39 is 5.97 Å². The molecule has 0 saturated carbocycles. The summed E-state index contributed by atoms with van der Waals surface area (Å²) in [5, 5.41) is 12.3. The highest BCUT2D eigenvalue weighted by Crippen LogP contribution is 2.20. The van der Waals surface area contributed by atoms with E-state index in [9.17, 15) is 4.79 Å². The maximum Gasteiger partial charge on any atom is 0.333 e. The monoisotopic (exact) mass is 540 g/mol. The Kier molecular flexibility index (Phi) is 10.2. The van der Waals surface area contributed by atoms with Crippen molar-refractivity contribution in [2.24, 2.45) is 0 Å². The van der Waals surface area contributed by atoms with Gasteiger partial charge >= 0.3 is 5.97 Å². The van der Waals surface area contributed by atoms with Gasteiger partial charge in [0.15, 0.2) is 0 Å². The Morgan fingerprint density at radius 1 is 0.800 bits per heavy atom. The molecule has 0 bridgehead atoms. The van der Waals surface area contributed by atoms with Gasteiger partial charge in [-0.3, -0.25) is 0 Å². The molecule has 0 aliphatic heterocycles. The minimum Gasteiger partial charge on any atom is -0.491 e. The normalized spacial score (nSPS) is 10.6. The number of aromatic nitrogens is 3. The number of nitrogens with zero attached hydrogens (tertiary/aromatic N) is 3. The highest BCUT2D eigenvalue weighted by atomic mass is 16.6. The third kappa shape index (κ3) is 8.92. The molecule has 4 aromatic rings. The van der Waals surface area contributed by atoms with Gasteiger partial charge in [-0.15, -0.1) is 0 Å². The molecule has 0 spiro atoms. The number of anilines is 2. The first-order valence-corrected chi connectivity index (χ1v) is 12.9. The summed E-state index contributed by atoms with van der Waals surface area (Å²) in [6.45, 7) is 5.71. The highest BCUT2D eigenvalue weighted by molar-refractivity contribution is 5.86. The number of benzene rings is 3. The third-order valence-corrected chi connectivity index (χ3v) is 5.57.